The number of aromatic nitrogens is 3. The fourth-order valence-electron chi connectivity index (χ4n) is 2.35. The molecular weight excluding hydrogens is 264 g/mol. The SMILES string of the molecule is CC(C)c1ccccc1CN(C)C(=O)Cc1cn(C)nn1. The number of rotatable bonds is 5. The van der Waals surface area contributed by atoms with Crippen LogP contribution in [0.2, 0.25) is 0 Å². The molecule has 1 heterocycles. The molecular formula is C16H22N4O. The lowest BCUT2D eigenvalue weighted by Gasteiger charge is -2.20. The van der Waals surface area contributed by atoms with Crippen molar-refractivity contribution in [2.24, 2.45) is 7.05 Å². The van der Waals surface area contributed by atoms with E-state index in [0.29, 0.717) is 18.2 Å². The second-order valence-electron chi connectivity index (χ2n) is 5.66. The minimum Gasteiger partial charge on any atom is -0.341 e. The smallest absolute Gasteiger partial charge is 0.228 e. The molecule has 1 amide bonds. The number of aryl methyl sites for hydroxylation is 1. The largest absolute Gasteiger partial charge is 0.341 e. The van der Waals surface area contributed by atoms with Crippen LogP contribution in [0.25, 0.3) is 0 Å². The van der Waals surface area contributed by atoms with Gasteiger partial charge in [0.1, 0.15) is 0 Å². The number of hydrogen-bond acceptors (Lipinski definition) is 3. The van der Waals surface area contributed by atoms with Crippen LogP contribution in [0.3, 0.4) is 0 Å². The quantitative estimate of drug-likeness (QED) is 0.846. The summed E-state index contributed by atoms with van der Waals surface area (Å²) in [6, 6.07) is 8.27. The van der Waals surface area contributed by atoms with Gasteiger partial charge in [-0.2, -0.15) is 0 Å². The van der Waals surface area contributed by atoms with E-state index in [2.05, 4.69) is 36.3 Å². The van der Waals surface area contributed by atoms with E-state index in [1.54, 1.807) is 22.8 Å². The summed E-state index contributed by atoms with van der Waals surface area (Å²) in [6.07, 6.45) is 2.06. The van der Waals surface area contributed by atoms with Crippen LogP contribution in [-0.4, -0.2) is 32.8 Å². The predicted octanol–water partition coefficient (Wildman–Crippen LogP) is 2.14. The van der Waals surface area contributed by atoms with Crippen LogP contribution in [-0.2, 0) is 24.8 Å². The number of hydrogen-bond donors (Lipinski definition) is 0. The molecule has 0 aliphatic carbocycles. The molecule has 0 N–H and O–H groups in total. The Kier molecular flexibility index (Phi) is 4.73. The molecule has 2 aromatic rings. The van der Waals surface area contributed by atoms with E-state index < -0.39 is 0 Å². The van der Waals surface area contributed by atoms with Crippen molar-refractivity contribution in [1.82, 2.24) is 19.9 Å². The maximum atomic E-state index is 12.3. The maximum absolute atomic E-state index is 12.3. The highest BCUT2D eigenvalue weighted by Gasteiger charge is 2.14. The van der Waals surface area contributed by atoms with E-state index in [4.69, 9.17) is 0 Å². The molecule has 21 heavy (non-hydrogen) atoms. The van der Waals surface area contributed by atoms with Crippen LogP contribution in [0.4, 0.5) is 0 Å². The van der Waals surface area contributed by atoms with Gasteiger partial charge in [-0.05, 0) is 17.0 Å². The third-order valence-corrected chi connectivity index (χ3v) is 3.49. The summed E-state index contributed by atoms with van der Waals surface area (Å²) < 4.78 is 1.61. The van der Waals surface area contributed by atoms with Gasteiger partial charge < -0.3 is 4.90 Å². The molecule has 0 saturated heterocycles. The Labute approximate surface area is 125 Å². The van der Waals surface area contributed by atoms with Crippen LogP contribution < -0.4 is 0 Å². The maximum Gasteiger partial charge on any atom is 0.228 e. The molecule has 5 nitrogen and oxygen atoms in total. The molecule has 2 rings (SSSR count). The third-order valence-electron chi connectivity index (χ3n) is 3.49. The van der Waals surface area contributed by atoms with Gasteiger partial charge in [0.05, 0.1) is 12.1 Å². The first-order valence-corrected chi connectivity index (χ1v) is 7.14. The van der Waals surface area contributed by atoms with Crippen molar-refractivity contribution < 1.29 is 4.79 Å². The zero-order valence-corrected chi connectivity index (χ0v) is 13.1. The lowest BCUT2D eigenvalue weighted by molar-refractivity contribution is -0.129. The van der Waals surface area contributed by atoms with Gasteiger partial charge in [0.2, 0.25) is 5.91 Å². The van der Waals surface area contributed by atoms with Gasteiger partial charge in [-0.15, -0.1) is 5.10 Å². The van der Waals surface area contributed by atoms with E-state index in [9.17, 15) is 4.79 Å². The molecule has 0 spiro atoms. The minimum absolute atomic E-state index is 0.0501. The van der Waals surface area contributed by atoms with E-state index >= 15 is 0 Å². The van der Waals surface area contributed by atoms with Crippen molar-refractivity contribution in [2.45, 2.75) is 32.7 Å². The zero-order chi connectivity index (χ0) is 15.4. The van der Waals surface area contributed by atoms with Crippen LogP contribution >= 0.6 is 0 Å². The van der Waals surface area contributed by atoms with Crippen molar-refractivity contribution >= 4 is 5.91 Å². The monoisotopic (exact) mass is 286 g/mol. The summed E-state index contributed by atoms with van der Waals surface area (Å²) in [6.45, 7) is 4.95. The average Bonchev–Trinajstić information content (AvgIpc) is 2.84. The summed E-state index contributed by atoms with van der Waals surface area (Å²) in [5, 5.41) is 7.80. The van der Waals surface area contributed by atoms with Crippen LogP contribution in [0.5, 0.6) is 0 Å². The first kappa shape index (κ1) is 15.2. The molecule has 0 atom stereocenters. The van der Waals surface area contributed by atoms with Gasteiger partial charge in [0.15, 0.2) is 0 Å². The van der Waals surface area contributed by atoms with E-state index in [0.717, 1.165) is 0 Å². The molecule has 0 radical (unpaired) electrons. The summed E-state index contributed by atoms with van der Waals surface area (Å²) in [4.78, 5) is 14.0. The molecule has 0 bridgehead atoms. The Morgan fingerprint density at radius 1 is 1.33 bits per heavy atom. The van der Waals surface area contributed by atoms with Crippen molar-refractivity contribution in [1.29, 1.82) is 0 Å². The summed E-state index contributed by atoms with van der Waals surface area (Å²) in [7, 11) is 3.62. The lowest BCUT2D eigenvalue weighted by atomic mass is 9.97. The van der Waals surface area contributed by atoms with Crippen LogP contribution in [0, 0.1) is 0 Å². The van der Waals surface area contributed by atoms with Gasteiger partial charge in [-0.3, -0.25) is 9.48 Å². The Hall–Kier alpha value is -2.17. The number of carbonyl (C=O) groups is 1. The Morgan fingerprint density at radius 2 is 2.05 bits per heavy atom. The van der Waals surface area contributed by atoms with Crippen molar-refractivity contribution in [3.63, 3.8) is 0 Å². The molecule has 1 aromatic carbocycles. The number of benzene rings is 1. The van der Waals surface area contributed by atoms with Crippen LogP contribution in [0.15, 0.2) is 30.5 Å². The molecule has 1 aromatic heterocycles. The summed E-state index contributed by atoms with van der Waals surface area (Å²) in [5.41, 5.74) is 3.19. The highest BCUT2D eigenvalue weighted by atomic mass is 16.2. The lowest BCUT2D eigenvalue weighted by Crippen LogP contribution is -2.28. The standard InChI is InChI=1S/C16H22N4O/c1-12(2)15-8-6-5-7-13(15)10-19(3)16(21)9-14-11-20(4)18-17-14/h5-8,11-12H,9-10H2,1-4H3. The summed E-state index contributed by atoms with van der Waals surface area (Å²) in [5.74, 6) is 0.499. The zero-order valence-electron chi connectivity index (χ0n) is 13.1. The number of carbonyl (C=O) groups excluding carboxylic acids is 1. The van der Waals surface area contributed by atoms with E-state index in [1.807, 2.05) is 19.2 Å². The van der Waals surface area contributed by atoms with Gasteiger partial charge in [0, 0.05) is 26.8 Å². The van der Waals surface area contributed by atoms with Gasteiger partial charge in [-0.25, -0.2) is 0 Å². The minimum atomic E-state index is 0.0501. The number of nitrogens with zero attached hydrogens (tertiary/aromatic N) is 4. The average molecular weight is 286 g/mol. The molecule has 112 valence electrons. The fourth-order valence-corrected chi connectivity index (χ4v) is 2.35. The topological polar surface area (TPSA) is 51.0 Å². The van der Waals surface area contributed by atoms with Gasteiger partial charge in [-0.1, -0.05) is 43.3 Å². The first-order valence-electron chi connectivity index (χ1n) is 7.14. The highest BCUT2D eigenvalue weighted by Crippen LogP contribution is 2.20. The van der Waals surface area contributed by atoms with E-state index in [-0.39, 0.29) is 12.3 Å². The Morgan fingerprint density at radius 3 is 2.67 bits per heavy atom. The summed E-state index contributed by atoms with van der Waals surface area (Å²) >= 11 is 0. The first-order chi connectivity index (χ1) is 9.97. The van der Waals surface area contributed by atoms with Crippen molar-refractivity contribution in [3.05, 3.63) is 47.3 Å². The molecule has 0 aliphatic rings. The third kappa shape index (κ3) is 3.90. The number of amides is 1. The second kappa shape index (κ2) is 6.52. The highest BCUT2D eigenvalue weighted by molar-refractivity contribution is 5.78. The predicted molar refractivity (Wildman–Crippen MR) is 81.7 cm³/mol. The van der Waals surface area contributed by atoms with Gasteiger partial charge >= 0.3 is 0 Å². The Bertz CT molecular complexity index is 618. The van der Waals surface area contributed by atoms with Crippen molar-refractivity contribution in [3.8, 4) is 0 Å². The van der Waals surface area contributed by atoms with Crippen LogP contribution in [0.1, 0.15) is 36.6 Å². The fraction of sp³-hybridized carbons (Fsp3) is 0.438. The molecule has 0 unspecified atom stereocenters. The normalized spacial score (nSPS) is 10.9. The molecule has 0 saturated carbocycles. The number of likely N-dealkylation sites (N-methyl/N-ethyl adjacent to an activating group) is 1. The molecule has 5 heteroatoms. The molecule has 0 fully saturated rings. The van der Waals surface area contributed by atoms with Crippen molar-refractivity contribution in [2.75, 3.05) is 7.05 Å². The second-order valence-corrected chi connectivity index (χ2v) is 5.66. The Balaban J connectivity index is 2.04. The van der Waals surface area contributed by atoms with Gasteiger partial charge in [0.25, 0.3) is 0 Å². The molecule has 0 aliphatic heterocycles. The van der Waals surface area contributed by atoms with E-state index in [1.165, 1.54) is 11.1 Å².